The lowest BCUT2D eigenvalue weighted by Crippen LogP contribution is -2.34. The topological polar surface area (TPSA) is 84.3 Å². The molecule has 0 aliphatic carbocycles. The van der Waals surface area contributed by atoms with E-state index in [-0.39, 0.29) is 10.8 Å². The summed E-state index contributed by atoms with van der Waals surface area (Å²) in [5, 5.41) is 15.6. The maximum atomic E-state index is 13.0. The van der Waals surface area contributed by atoms with Gasteiger partial charge >= 0.3 is 0 Å². The van der Waals surface area contributed by atoms with Gasteiger partial charge in [0.1, 0.15) is 11.5 Å². The third-order valence-corrected chi connectivity index (χ3v) is 2.87. The molecule has 2 aromatic rings. The molecule has 0 fully saturated rings. The average Bonchev–Trinajstić information content (AvgIpc) is 2.49. The summed E-state index contributed by atoms with van der Waals surface area (Å²) in [6, 6.07) is 11.3. The van der Waals surface area contributed by atoms with E-state index in [0.717, 1.165) is 12.1 Å². The molecule has 0 aliphatic heterocycles. The van der Waals surface area contributed by atoms with Gasteiger partial charge in [0.05, 0.1) is 11.0 Å². The summed E-state index contributed by atoms with van der Waals surface area (Å²) in [6.07, 6.45) is 0. The zero-order chi connectivity index (χ0) is 16.1. The van der Waals surface area contributed by atoms with Crippen LogP contribution in [0.1, 0.15) is 10.4 Å². The highest BCUT2D eigenvalue weighted by Crippen LogP contribution is 2.24. The molecule has 0 radical (unpaired) electrons. The molecule has 0 aromatic heterocycles. The van der Waals surface area contributed by atoms with E-state index in [4.69, 9.17) is 12.2 Å². The Kier molecular flexibility index (Phi) is 4.74. The number of carbonyl (C=O) groups excluding carboxylic acids is 1. The van der Waals surface area contributed by atoms with E-state index in [9.17, 15) is 19.3 Å². The molecule has 0 unspecified atom stereocenters. The number of nitrogens with one attached hydrogen (secondary N) is 2. The van der Waals surface area contributed by atoms with E-state index < -0.39 is 22.3 Å². The largest absolute Gasteiger partial charge is 0.327 e. The molecule has 2 N–H and O–H groups in total. The van der Waals surface area contributed by atoms with Crippen molar-refractivity contribution in [2.24, 2.45) is 0 Å². The van der Waals surface area contributed by atoms with E-state index >= 15 is 0 Å². The summed E-state index contributed by atoms with van der Waals surface area (Å²) < 4.78 is 13.0. The summed E-state index contributed by atoms with van der Waals surface area (Å²) >= 11 is 4.93. The van der Waals surface area contributed by atoms with E-state index in [1.807, 2.05) is 0 Å². The van der Waals surface area contributed by atoms with Crippen molar-refractivity contribution in [3.63, 3.8) is 0 Å². The van der Waals surface area contributed by atoms with Crippen molar-refractivity contribution in [2.45, 2.75) is 0 Å². The number of nitro benzene ring substituents is 1. The molecule has 1 amide bonds. The van der Waals surface area contributed by atoms with E-state index in [2.05, 4.69) is 10.6 Å². The Morgan fingerprint density at radius 1 is 1.18 bits per heavy atom. The molecular weight excluding hydrogens is 309 g/mol. The highest BCUT2D eigenvalue weighted by Gasteiger charge is 2.16. The second-order valence-electron chi connectivity index (χ2n) is 4.19. The van der Waals surface area contributed by atoms with Gasteiger partial charge in [0.2, 0.25) is 0 Å². The van der Waals surface area contributed by atoms with Crippen LogP contribution in [0.3, 0.4) is 0 Å². The fraction of sp³-hybridized carbons (Fsp3) is 0. The quantitative estimate of drug-likeness (QED) is 0.516. The number of halogens is 1. The normalized spacial score (nSPS) is 9.86. The molecule has 2 rings (SSSR count). The van der Waals surface area contributed by atoms with Crippen LogP contribution in [0.5, 0.6) is 0 Å². The number of hydrogen-bond donors (Lipinski definition) is 2. The number of nitro groups is 1. The van der Waals surface area contributed by atoms with Crippen LogP contribution in [0.4, 0.5) is 15.8 Å². The number of hydrogen-bond acceptors (Lipinski definition) is 4. The molecule has 0 bridgehead atoms. The van der Waals surface area contributed by atoms with Crippen molar-refractivity contribution < 1.29 is 14.1 Å². The first-order chi connectivity index (χ1) is 10.5. The third kappa shape index (κ3) is 3.83. The fourth-order valence-corrected chi connectivity index (χ4v) is 1.88. The fourth-order valence-electron chi connectivity index (χ4n) is 1.68. The SMILES string of the molecule is O=C(NC(=S)Nc1ccc(F)cc1[N+](=O)[O-])c1ccccc1. The first kappa shape index (κ1) is 15.5. The number of carbonyl (C=O) groups is 1. The van der Waals surface area contributed by atoms with E-state index in [0.29, 0.717) is 5.56 Å². The first-order valence-corrected chi connectivity index (χ1v) is 6.49. The summed E-state index contributed by atoms with van der Waals surface area (Å²) in [5.41, 5.74) is -0.0960. The average molecular weight is 319 g/mol. The molecule has 0 spiro atoms. The number of rotatable bonds is 3. The Balaban J connectivity index is 2.10. The van der Waals surface area contributed by atoms with E-state index in [1.54, 1.807) is 30.3 Å². The van der Waals surface area contributed by atoms with Gasteiger partial charge in [0.15, 0.2) is 5.11 Å². The lowest BCUT2D eigenvalue weighted by atomic mass is 10.2. The van der Waals surface area contributed by atoms with Gasteiger partial charge in [-0.1, -0.05) is 18.2 Å². The third-order valence-electron chi connectivity index (χ3n) is 2.67. The highest BCUT2D eigenvalue weighted by atomic mass is 32.1. The van der Waals surface area contributed by atoms with Crippen LogP contribution >= 0.6 is 12.2 Å². The van der Waals surface area contributed by atoms with Crippen LogP contribution in [-0.4, -0.2) is 15.9 Å². The molecular formula is C14H10FN3O3S. The monoisotopic (exact) mass is 319 g/mol. The number of nitrogens with zero attached hydrogens (tertiary/aromatic N) is 1. The summed E-state index contributed by atoms with van der Waals surface area (Å²) in [5.74, 6) is -1.20. The molecule has 2 aromatic carbocycles. The van der Waals surface area contributed by atoms with Gasteiger partial charge < -0.3 is 5.32 Å². The van der Waals surface area contributed by atoms with Gasteiger partial charge in [-0.3, -0.25) is 20.2 Å². The maximum Gasteiger partial charge on any atom is 0.295 e. The summed E-state index contributed by atoms with van der Waals surface area (Å²) in [4.78, 5) is 22.0. The van der Waals surface area contributed by atoms with Gasteiger partial charge in [-0.25, -0.2) is 4.39 Å². The molecule has 0 saturated carbocycles. The van der Waals surface area contributed by atoms with Gasteiger partial charge in [-0.05, 0) is 36.5 Å². The second-order valence-corrected chi connectivity index (χ2v) is 4.60. The maximum absolute atomic E-state index is 13.0. The van der Waals surface area contributed by atoms with Crippen LogP contribution in [0.2, 0.25) is 0 Å². The first-order valence-electron chi connectivity index (χ1n) is 6.08. The lowest BCUT2D eigenvalue weighted by molar-refractivity contribution is -0.384. The van der Waals surface area contributed by atoms with Crippen molar-refractivity contribution in [3.05, 3.63) is 70.0 Å². The molecule has 112 valence electrons. The molecule has 6 nitrogen and oxygen atoms in total. The number of benzene rings is 2. The molecule has 8 heteroatoms. The molecule has 0 atom stereocenters. The minimum Gasteiger partial charge on any atom is -0.327 e. The van der Waals surface area contributed by atoms with Crippen LogP contribution in [0.15, 0.2) is 48.5 Å². The molecule has 0 aliphatic rings. The molecule has 0 saturated heterocycles. The minimum atomic E-state index is -0.743. The predicted molar refractivity (Wildman–Crippen MR) is 83.2 cm³/mol. The van der Waals surface area contributed by atoms with Gasteiger partial charge in [-0.2, -0.15) is 0 Å². The van der Waals surface area contributed by atoms with Crippen LogP contribution in [0, 0.1) is 15.9 Å². The van der Waals surface area contributed by atoms with Gasteiger partial charge in [0.25, 0.3) is 11.6 Å². The lowest BCUT2D eigenvalue weighted by Gasteiger charge is -2.10. The van der Waals surface area contributed by atoms with Crippen molar-refractivity contribution in [1.82, 2.24) is 5.32 Å². The zero-order valence-corrected chi connectivity index (χ0v) is 11.9. The van der Waals surface area contributed by atoms with Crippen LogP contribution in [0.25, 0.3) is 0 Å². The van der Waals surface area contributed by atoms with Crippen LogP contribution < -0.4 is 10.6 Å². The Hall–Kier alpha value is -2.87. The standard InChI is InChI=1S/C14H10FN3O3S/c15-10-6-7-11(12(8-10)18(20)21)16-14(22)17-13(19)9-4-2-1-3-5-9/h1-8H,(H2,16,17,19,22). The Labute approximate surface area is 130 Å². The van der Waals surface area contributed by atoms with Gasteiger partial charge in [-0.15, -0.1) is 0 Å². The number of thiocarbonyl (C=S) groups is 1. The smallest absolute Gasteiger partial charge is 0.295 e. The Morgan fingerprint density at radius 2 is 1.86 bits per heavy atom. The van der Waals surface area contributed by atoms with Crippen molar-refractivity contribution in [2.75, 3.05) is 5.32 Å². The highest BCUT2D eigenvalue weighted by molar-refractivity contribution is 7.80. The van der Waals surface area contributed by atoms with E-state index in [1.165, 1.54) is 6.07 Å². The number of amides is 1. The van der Waals surface area contributed by atoms with Crippen molar-refractivity contribution >= 4 is 34.6 Å². The Bertz CT molecular complexity index is 737. The number of anilines is 1. The summed E-state index contributed by atoms with van der Waals surface area (Å²) in [6.45, 7) is 0. The summed E-state index contributed by atoms with van der Waals surface area (Å²) in [7, 11) is 0. The van der Waals surface area contributed by atoms with Gasteiger partial charge in [0, 0.05) is 5.56 Å². The predicted octanol–water partition coefficient (Wildman–Crippen LogP) is 2.86. The molecule has 22 heavy (non-hydrogen) atoms. The van der Waals surface area contributed by atoms with Crippen molar-refractivity contribution in [1.29, 1.82) is 0 Å². The zero-order valence-electron chi connectivity index (χ0n) is 11.1. The Morgan fingerprint density at radius 3 is 2.50 bits per heavy atom. The van der Waals surface area contributed by atoms with Crippen LogP contribution in [-0.2, 0) is 0 Å². The van der Waals surface area contributed by atoms with Crippen molar-refractivity contribution in [3.8, 4) is 0 Å². The molecule has 0 heterocycles. The minimum absolute atomic E-state index is 0.00948. The second kappa shape index (κ2) is 6.72.